The molecule has 0 unspecified atom stereocenters. The van der Waals surface area contributed by atoms with Gasteiger partial charge in [-0.05, 0) is 46.0 Å². The van der Waals surface area contributed by atoms with E-state index in [0.29, 0.717) is 32.4 Å². The summed E-state index contributed by atoms with van der Waals surface area (Å²) in [4.78, 5) is 0. The van der Waals surface area contributed by atoms with Gasteiger partial charge in [0.15, 0.2) is 0 Å². The summed E-state index contributed by atoms with van der Waals surface area (Å²) in [5.41, 5.74) is 16.9. The number of hydrazine groups is 2. The van der Waals surface area contributed by atoms with E-state index < -0.39 is 0 Å². The summed E-state index contributed by atoms with van der Waals surface area (Å²) in [5.74, 6) is 1.01. The molecule has 0 amide bonds. The fourth-order valence-corrected chi connectivity index (χ4v) is 3.66. The third kappa shape index (κ3) is 2.34. The average molecular weight is 374 g/mol. The van der Waals surface area contributed by atoms with Crippen molar-refractivity contribution in [1.82, 2.24) is 40.6 Å². The SMILES string of the molecule is S=C1NNc2nnc(SSc3nnc4n3NC(=S)NN4)n2N1. The molecule has 2 aromatic rings. The van der Waals surface area contributed by atoms with Crippen LogP contribution in [0.2, 0.25) is 0 Å². The van der Waals surface area contributed by atoms with Gasteiger partial charge in [0, 0.05) is 0 Å². The van der Waals surface area contributed by atoms with E-state index in [1.54, 1.807) is 9.35 Å². The van der Waals surface area contributed by atoms with E-state index in [1.807, 2.05) is 0 Å². The molecule has 4 heterocycles. The van der Waals surface area contributed by atoms with Crippen molar-refractivity contribution in [2.75, 3.05) is 21.7 Å². The Bertz CT molecular complexity index is 700. The first-order valence-corrected chi connectivity index (χ1v) is 8.59. The molecular weight excluding hydrogens is 368 g/mol. The quantitative estimate of drug-likeness (QED) is 0.295. The maximum absolute atomic E-state index is 5.02. The molecule has 0 spiro atoms. The number of fused-ring (bicyclic) bond motifs is 2. The predicted molar refractivity (Wildman–Crippen MR) is 89.2 cm³/mol. The predicted octanol–water partition coefficient (Wildman–Crippen LogP) is -0.814. The van der Waals surface area contributed by atoms with Gasteiger partial charge >= 0.3 is 0 Å². The molecule has 0 aliphatic carbocycles. The molecule has 0 atom stereocenters. The Kier molecular flexibility index (Phi) is 3.28. The third-order valence-corrected chi connectivity index (χ3v) is 4.90. The Balaban J connectivity index is 1.52. The van der Waals surface area contributed by atoms with Crippen LogP contribution < -0.4 is 32.6 Å². The Morgan fingerprint density at radius 1 is 0.682 bits per heavy atom. The zero-order valence-corrected chi connectivity index (χ0v) is 13.6. The largest absolute Gasteiger partial charge is 0.273 e. The standard InChI is InChI=1S/C6H6N12S4/c19-3-11-7-1-9-13-5(17(1)15-3)21-22-6-14-10-2-8-12-4(20)16-18(2)6/h(H,7,9)(H,8,10)(H2,11,15,19)(H2,12,16,20). The van der Waals surface area contributed by atoms with Crippen molar-refractivity contribution in [2.45, 2.75) is 10.3 Å². The number of aromatic nitrogens is 6. The van der Waals surface area contributed by atoms with Gasteiger partial charge in [0.1, 0.15) is 0 Å². The summed E-state index contributed by atoms with van der Waals surface area (Å²) >= 11 is 10.0. The summed E-state index contributed by atoms with van der Waals surface area (Å²) < 4.78 is 3.25. The van der Waals surface area contributed by atoms with Crippen LogP contribution in [0.5, 0.6) is 0 Å². The number of hydrogen-bond donors (Lipinski definition) is 6. The molecule has 12 nitrogen and oxygen atoms in total. The van der Waals surface area contributed by atoms with Crippen LogP contribution in [0.15, 0.2) is 10.3 Å². The number of thiocarbonyl (C=S) groups is 2. The highest BCUT2D eigenvalue weighted by molar-refractivity contribution is 8.76. The lowest BCUT2D eigenvalue weighted by Crippen LogP contribution is -2.44. The topological polar surface area (TPSA) is 134 Å². The molecule has 114 valence electrons. The van der Waals surface area contributed by atoms with Gasteiger partial charge in [-0.25, -0.2) is 0 Å². The van der Waals surface area contributed by atoms with E-state index in [-0.39, 0.29) is 0 Å². The monoisotopic (exact) mass is 374 g/mol. The first-order valence-electron chi connectivity index (χ1n) is 5.62. The fraction of sp³-hybridized carbons (Fsp3) is 0. The van der Waals surface area contributed by atoms with Gasteiger partial charge < -0.3 is 0 Å². The van der Waals surface area contributed by atoms with Gasteiger partial charge in [0.2, 0.25) is 20.5 Å². The summed E-state index contributed by atoms with van der Waals surface area (Å²) in [6.07, 6.45) is 0. The van der Waals surface area contributed by atoms with Crippen LogP contribution in [0.25, 0.3) is 0 Å². The average Bonchev–Trinajstić information content (AvgIpc) is 3.08. The zero-order chi connectivity index (χ0) is 15.1. The van der Waals surface area contributed by atoms with Gasteiger partial charge in [-0.15, -0.1) is 20.4 Å². The highest BCUT2D eigenvalue weighted by Gasteiger charge is 2.22. The van der Waals surface area contributed by atoms with Crippen LogP contribution in [-0.4, -0.2) is 40.0 Å². The lowest BCUT2D eigenvalue weighted by Gasteiger charge is -2.20. The van der Waals surface area contributed by atoms with E-state index >= 15 is 0 Å². The van der Waals surface area contributed by atoms with E-state index in [9.17, 15) is 0 Å². The minimum absolute atomic E-state index is 0.418. The summed E-state index contributed by atoms with van der Waals surface area (Å²) in [7, 11) is 2.67. The van der Waals surface area contributed by atoms with Crippen LogP contribution in [0.1, 0.15) is 0 Å². The molecular formula is C6H6N12S4. The third-order valence-electron chi connectivity index (χ3n) is 2.46. The summed E-state index contributed by atoms with van der Waals surface area (Å²) in [5, 5.41) is 18.1. The Morgan fingerprint density at radius 2 is 1.14 bits per heavy atom. The molecule has 2 aliphatic heterocycles. The number of rotatable bonds is 3. The Hall–Kier alpha value is -2.04. The van der Waals surface area contributed by atoms with E-state index in [0.717, 1.165) is 0 Å². The Morgan fingerprint density at radius 3 is 1.59 bits per heavy atom. The molecule has 0 fully saturated rings. The summed E-state index contributed by atoms with van der Waals surface area (Å²) in [6.45, 7) is 0. The van der Waals surface area contributed by atoms with Crippen molar-refractivity contribution in [3.8, 4) is 0 Å². The van der Waals surface area contributed by atoms with E-state index in [1.165, 1.54) is 21.6 Å². The second-order valence-corrected chi connectivity index (χ2v) is 6.71. The molecule has 0 radical (unpaired) electrons. The van der Waals surface area contributed by atoms with Crippen molar-refractivity contribution in [2.24, 2.45) is 0 Å². The molecule has 2 aromatic heterocycles. The maximum atomic E-state index is 5.02. The first kappa shape index (κ1) is 13.6. The van der Waals surface area contributed by atoms with Crippen LogP contribution in [0.4, 0.5) is 11.9 Å². The summed E-state index contributed by atoms with van der Waals surface area (Å²) in [6, 6.07) is 0. The molecule has 0 saturated heterocycles. The van der Waals surface area contributed by atoms with Gasteiger partial charge in [0.25, 0.3) is 11.9 Å². The van der Waals surface area contributed by atoms with Crippen molar-refractivity contribution in [3.05, 3.63) is 0 Å². The minimum atomic E-state index is 0.418. The van der Waals surface area contributed by atoms with Crippen LogP contribution in [-0.2, 0) is 0 Å². The van der Waals surface area contributed by atoms with Crippen molar-refractivity contribution in [1.29, 1.82) is 0 Å². The van der Waals surface area contributed by atoms with Gasteiger partial charge in [0.05, 0.1) is 0 Å². The zero-order valence-electron chi connectivity index (χ0n) is 10.3. The van der Waals surface area contributed by atoms with Crippen molar-refractivity contribution < 1.29 is 0 Å². The smallest absolute Gasteiger partial charge is 0.263 e. The normalized spacial score (nSPS) is 15.3. The van der Waals surface area contributed by atoms with Gasteiger partial charge in [-0.1, -0.05) is 0 Å². The molecule has 2 aliphatic rings. The van der Waals surface area contributed by atoms with E-state index in [2.05, 4.69) is 52.9 Å². The maximum Gasteiger partial charge on any atom is 0.263 e. The lowest BCUT2D eigenvalue weighted by atomic mass is 10.9. The number of nitrogens with zero attached hydrogens (tertiary/aromatic N) is 6. The van der Waals surface area contributed by atoms with Gasteiger partial charge in [-0.2, -0.15) is 9.35 Å². The van der Waals surface area contributed by atoms with Crippen LogP contribution >= 0.6 is 46.0 Å². The highest BCUT2D eigenvalue weighted by atomic mass is 33.1. The molecule has 0 saturated carbocycles. The number of anilines is 2. The fourth-order valence-electron chi connectivity index (χ4n) is 1.57. The van der Waals surface area contributed by atoms with Crippen molar-refractivity contribution in [3.63, 3.8) is 0 Å². The molecule has 6 N–H and O–H groups in total. The molecule has 0 aromatic carbocycles. The second-order valence-electron chi connectivity index (χ2n) is 3.83. The lowest BCUT2D eigenvalue weighted by molar-refractivity contribution is 0.799. The number of nitrogens with one attached hydrogen (secondary N) is 6. The first-order chi connectivity index (χ1) is 10.7. The van der Waals surface area contributed by atoms with Gasteiger partial charge in [-0.3, -0.25) is 32.6 Å². The minimum Gasteiger partial charge on any atom is -0.273 e. The van der Waals surface area contributed by atoms with Crippen LogP contribution in [0.3, 0.4) is 0 Å². The number of hydrogen-bond acceptors (Lipinski definition) is 10. The molecule has 0 bridgehead atoms. The molecule has 22 heavy (non-hydrogen) atoms. The Labute approximate surface area is 140 Å². The van der Waals surface area contributed by atoms with Crippen LogP contribution in [0, 0.1) is 0 Å². The second kappa shape index (κ2) is 5.30. The molecule has 4 rings (SSSR count). The molecule has 16 heteroatoms. The van der Waals surface area contributed by atoms with Crippen molar-refractivity contribution >= 4 is 68.1 Å². The van der Waals surface area contributed by atoms with E-state index in [4.69, 9.17) is 24.4 Å². The highest BCUT2D eigenvalue weighted by Crippen LogP contribution is 2.36.